The number of hydrogen-bond acceptors (Lipinski definition) is 3. The molecule has 0 aliphatic heterocycles. The fraction of sp³-hybridized carbons (Fsp3) is 0.650. The Hall–Kier alpha value is -1.39. The zero-order chi connectivity index (χ0) is 17.2. The number of nitrogens with zero attached hydrogens (tertiary/aromatic N) is 2. The first-order valence-corrected chi connectivity index (χ1v) is 9.41. The summed E-state index contributed by atoms with van der Waals surface area (Å²) < 4.78 is 0. The van der Waals surface area contributed by atoms with Gasteiger partial charge in [0.15, 0.2) is 0 Å². The van der Waals surface area contributed by atoms with Crippen molar-refractivity contribution in [2.45, 2.75) is 51.5 Å². The van der Waals surface area contributed by atoms with Crippen molar-refractivity contribution < 1.29 is 9.90 Å². The summed E-state index contributed by atoms with van der Waals surface area (Å²) in [7, 11) is 0. The number of aliphatic hydroxyl groups is 1. The molecule has 134 valence electrons. The van der Waals surface area contributed by atoms with Crippen molar-refractivity contribution in [3.05, 3.63) is 35.9 Å². The van der Waals surface area contributed by atoms with E-state index in [4.69, 9.17) is 0 Å². The average molecular weight is 332 g/mol. The van der Waals surface area contributed by atoms with E-state index in [9.17, 15) is 9.90 Å². The SMILES string of the molecule is CCN(C(=O)CN(CCO)CCc1ccccc1)C1CCCCC1. The summed E-state index contributed by atoms with van der Waals surface area (Å²) in [6.07, 6.45) is 6.97. The number of aliphatic hydroxyl groups excluding tert-OH is 1. The number of benzene rings is 1. The van der Waals surface area contributed by atoms with Crippen molar-refractivity contribution in [3.63, 3.8) is 0 Å². The van der Waals surface area contributed by atoms with Crippen LogP contribution < -0.4 is 0 Å². The van der Waals surface area contributed by atoms with Gasteiger partial charge in [0, 0.05) is 25.7 Å². The van der Waals surface area contributed by atoms with Crippen LogP contribution in [-0.4, -0.2) is 59.6 Å². The Morgan fingerprint density at radius 1 is 1.12 bits per heavy atom. The minimum atomic E-state index is 0.0949. The van der Waals surface area contributed by atoms with Gasteiger partial charge in [0.05, 0.1) is 13.2 Å². The lowest BCUT2D eigenvalue weighted by atomic mass is 9.94. The van der Waals surface area contributed by atoms with Crippen LogP contribution in [0.15, 0.2) is 30.3 Å². The summed E-state index contributed by atoms with van der Waals surface area (Å²) in [6.45, 7) is 4.73. The predicted octanol–water partition coefficient (Wildman–Crippen LogP) is 2.70. The van der Waals surface area contributed by atoms with Crippen LogP contribution in [0.4, 0.5) is 0 Å². The molecule has 24 heavy (non-hydrogen) atoms. The highest BCUT2D eigenvalue weighted by atomic mass is 16.3. The van der Waals surface area contributed by atoms with Crippen LogP contribution in [-0.2, 0) is 11.2 Å². The minimum Gasteiger partial charge on any atom is -0.395 e. The standard InChI is InChI=1S/C20H32N2O2/c1-2-22(19-11-7-4-8-12-19)20(24)17-21(15-16-23)14-13-18-9-5-3-6-10-18/h3,5-6,9-10,19,23H,2,4,7-8,11-17H2,1H3. The molecule has 1 amide bonds. The van der Waals surface area contributed by atoms with Crippen LogP contribution in [0.5, 0.6) is 0 Å². The Bertz CT molecular complexity index is 472. The second kappa shape index (κ2) is 10.5. The maximum atomic E-state index is 12.8. The Morgan fingerprint density at radius 2 is 1.83 bits per heavy atom. The van der Waals surface area contributed by atoms with Gasteiger partial charge in [-0.25, -0.2) is 0 Å². The molecule has 0 atom stereocenters. The van der Waals surface area contributed by atoms with Crippen molar-refractivity contribution in [1.29, 1.82) is 0 Å². The fourth-order valence-corrected chi connectivity index (χ4v) is 3.66. The molecule has 1 saturated carbocycles. The fourth-order valence-electron chi connectivity index (χ4n) is 3.66. The topological polar surface area (TPSA) is 43.8 Å². The monoisotopic (exact) mass is 332 g/mol. The maximum Gasteiger partial charge on any atom is 0.236 e. The molecule has 1 N–H and O–H groups in total. The van der Waals surface area contributed by atoms with Crippen LogP contribution >= 0.6 is 0 Å². The molecule has 0 saturated heterocycles. The molecule has 0 radical (unpaired) electrons. The average Bonchev–Trinajstić information content (AvgIpc) is 2.62. The van der Waals surface area contributed by atoms with Crippen molar-refractivity contribution in [3.8, 4) is 0 Å². The molecule has 0 bridgehead atoms. The zero-order valence-electron chi connectivity index (χ0n) is 15.0. The molecule has 1 aromatic carbocycles. The Labute approximate surface area is 146 Å². The Balaban J connectivity index is 1.88. The van der Waals surface area contributed by atoms with E-state index in [-0.39, 0.29) is 12.5 Å². The lowest BCUT2D eigenvalue weighted by Gasteiger charge is -2.35. The number of amides is 1. The first-order valence-electron chi connectivity index (χ1n) is 9.41. The molecule has 4 nitrogen and oxygen atoms in total. The molecule has 4 heteroatoms. The smallest absolute Gasteiger partial charge is 0.236 e. The Kier molecular flexibility index (Phi) is 8.26. The maximum absolute atomic E-state index is 12.8. The van der Waals surface area contributed by atoms with Crippen molar-refractivity contribution in [1.82, 2.24) is 9.80 Å². The molecular formula is C20H32N2O2. The third-order valence-electron chi connectivity index (χ3n) is 5.01. The van der Waals surface area contributed by atoms with E-state index >= 15 is 0 Å². The number of hydrogen-bond donors (Lipinski definition) is 1. The lowest BCUT2D eigenvalue weighted by molar-refractivity contribution is -0.135. The van der Waals surface area contributed by atoms with E-state index in [1.165, 1.54) is 24.8 Å². The van der Waals surface area contributed by atoms with E-state index in [2.05, 4.69) is 28.9 Å². The molecule has 1 aromatic rings. The van der Waals surface area contributed by atoms with Crippen LogP contribution in [0.3, 0.4) is 0 Å². The zero-order valence-corrected chi connectivity index (χ0v) is 15.0. The summed E-state index contributed by atoms with van der Waals surface area (Å²) >= 11 is 0. The molecule has 2 rings (SSSR count). The first kappa shape index (κ1) is 18.9. The molecule has 0 aromatic heterocycles. The van der Waals surface area contributed by atoms with Gasteiger partial charge in [-0.2, -0.15) is 0 Å². The molecule has 0 spiro atoms. The number of carbonyl (C=O) groups excluding carboxylic acids is 1. The normalized spacial score (nSPS) is 15.6. The highest BCUT2D eigenvalue weighted by Crippen LogP contribution is 2.22. The van der Waals surface area contributed by atoms with Crippen molar-refractivity contribution >= 4 is 5.91 Å². The van der Waals surface area contributed by atoms with Gasteiger partial charge in [-0.3, -0.25) is 9.69 Å². The van der Waals surface area contributed by atoms with E-state index in [0.717, 1.165) is 32.4 Å². The van der Waals surface area contributed by atoms with Crippen LogP contribution in [0.25, 0.3) is 0 Å². The predicted molar refractivity (Wildman–Crippen MR) is 97.9 cm³/mol. The van der Waals surface area contributed by atoms with Gasteiger partial charge in [0.1, 0.15) is 0 Å². The lowest BCUT2D eigenvalue weighted by Crippen LogP contribution is -2.47. The quantitative estimate of drug-likeness (QED) is 0.756. The highest BCUT2D eigenvalue weighted by molar-refractivity contribution is 5.78. The van der Waals surface area contributed by atoms with Gasteiger partial charge < -0.3 is 10.0 Å². The summed E-state index contributed by atoms with van der Waals surface area (Å²) in [5, 5.41) is 9.32. The third-order valence-corrected chi connectivity index (χ3v) is 5.01. The van der Waals surface area contributed by atoms with Gasteiger partial charge in [0.2, 0.25) is 5.91 Å². The molecule has 1 aliphatic rings. The molecule has 1 aliphatic carbocycles. The summed E-state index contributed by atoms with van der Waals surface area (Å²) in [6, 6.07) is 10.7. The highest BCUT2D eigenvalue weighted by Gasteiger charge is 2.25. The van der Waals surface area contributed by atoms with Crippen molar-refractivity contribution in [2.75, 3.05) is 32.8 Å². The largest absolute Gasteiger partial charge is 0.395 e. The van der Waals surface area contributed by atoms with E-state index < -0.39 is 0 Å². The third kappa shape index (κ3) is 5.91. The van der Waals surface area contributed by atoms with E-state index in [0.29, 0.717) is 19.1 Å². The van der Waals surface area contributed by atoms with Gasteiger partial charge in [-0.05, 0) is 31.7 Å². The number of rotatable bonds is 9. The van der Waals surface area contributed by atoms with Crippen LogP contribution in [0.1, 0.15) is 44.6 Å². The van der Waals surface area contributed by atoms with Crippen molar-refractivity contribution in [2.24, 2.45) is 0 Å². The molecular weight excluding hydrogens is 300 g/mol. The molecule has 1 fully saturated rings. The van der Waals surface area contributed by atoms with Gasteiger partial charge in [0.25, 0.3) is 0 Å². The number of carbonyl (C=O) groups is 1. The Morgan fingerprint density at radius 3 is 2.46 bits per heavy atom. The molecule has 0 unspecified atom stereocenters. The van der Waals surface area contributed by atoms with Gasteiger partial charge >= 0.3 is 0 Å². The number of likely N-dealkylation sites (N-methyl/N-ethyl adjacent to an activating group) is 1. The summed E-state index contributed by atoms with van der Waals surface area (Å²) in [5.41, 5.74) is 1.27. The van der Waals surface area contributed by atoms with Crippen LogP contribution in [0, 0.1) is 0 Å². The van der Waals surface area contributed by atoms with E-state index in [1.54, 1.807) is 0 Å². The first-order chi connectivity index (χ1) is 11.7. The summed E-state index contributed by atoms with van der Waals surface area (Å²) in [5.74, 6) is 0.214. The van der Waals surface area contributed by atoms with Crippen LogP contribution in [0.2, 0.25) is 0 Å². The van der Waals surface area contributed by atoms with Gasteiger partial charge in [-0.1, -0.05) is 49.6 Å². The second-order valence-corrected chi connectivity index (χ2v) is 6.71. The van der Waals surface area contributed by atoms with E-state index in [1.807, 2.05) is 18.2 Å². The second-order valence-electron chi connectivity index (χ2n) is 6.71. The summed E-state index contributed by atoms with van der Waals surface area (Å²) in [4.78, 5) is 16.9. The minimum absolute atomic E-state index is 0.0949. The van der Waals surface area contributed by atoms with Gasteiger partial charge in [-0.15, -0.1) is 0 Å². The molecule has 0 heterocycles.